The van der Waals surface area contributed by atoms with Gasteiger partial charge in [0, 0.05) is 6.04 Å². The van der Waals surface area contributed by atoms with Gasteiger partial charge >= 0.3 is 0 Å². The Balaban J connectivity index is 1.36. The average Bonchev–Trinajstić information content (AvgIpc) is 2.58. The number of rotatable bonds is 4. The molecule has 0 amide bonds. The maximum atomic E-state index is 3.48. The molecule has 0 aromatic rings. The van der Waals surface area contributed by atoms with Crippen molar-refractivity contribution in [2.75, 3.05) is 7.05 Å². The monoisotopic (exact) mass is 305 g/mol. The summed E-state index contributed by atoms with van der Waals surface area (Å²) in [4.78, 5) is 0. The molecular formula is C21H39N. The van der Waals surface area contributed by atoms with E-state index < -0.39 is 0 Å². The fourth-order valence-corrected chi connectivity index (χ4v) is 5.81. The highest BCUT2D eigenvalue weighted by molar-refractivity contribution is 4.84. The maximum Gasteiger partial charge on any atom is 0.00642 e. The lowest BCUT2D eigenvalue weighted by atomic mass is 9.68. The summed E-state index contributed by atoms with van der Waals surface area (Å²) in [5, 5.41) is 3.48. The first-order valence-electron chi connectivity index (χ1n) is 10.4. The van der Waals surface area contributed by atoms with E-state index in [4.69, 9.17) is 0 Å². The molecule has 3 fully saturated rings. The van der Waals surface area contributed by atoms with Crippen LogP contribution in [0, 0.1) is 29.6 Å². The second-order valence-corrected chi connectivity index (χ2v) is 9.04. The third-order valence-corrected chi connectivity index (χ3v) is 7.54. The highest BCUT2D eigenvalue weighted by Crippen LogP contribution is 2.43. The van der Waals surface area contributed by atoms with Crippen molar-refractivity contribution < 1.29 is 0 Å². The van der Waals surface area contributed by atoms with Crippen molar-refractivity contribution in [3.63, 3.8) is 0 Å². The first-order chi connectivity index (χ1) is 10.7. The van der Waals surface area contributed by atoms with Gasteiger partial charge in [-0.2, -0.15) is 0 Å². The Hall–Kier alpha value is -0.0400. The van der Waals surface area contributed by atoms with Crippen LogP contribution in [-0.4, -0.2) is 13.1 Å². The van der Waals surface area contributed by atoms with Crippen LogP contribution in [0.5, 0.6) is 0 Å². The number of hydrogen-bond donors (Lipinski definition) is 1. The standard InChI is InChI=1S/C21H39N/c1-16-3-5-17(6-4-16)15-18-7-9-19(10-8-18)20-11-13-21(22-2)14-12-20/h16-22H,3-15H2,1-2H3. The lowest BCUT2D eigenvalue weighted by Crippen LogP contribution is -2.33. The zero-order chi connectivity index (χ0) is 15.4. The molecule has 0 unspecified atom stereocenters. The van der Waals surface area contributed by atoms with E-state index in [1.165, 1.54) is 51.4 Å². The van der Waals surface area contributed by atoms with Gasteiger partial charge in [0.1, 0.15) is 0 Å². The third kappa shape index (κ3) is 4.49. The lowest BCUT2D eigenvalue weighted by molar-refractivity contribution is 0.137. The molecular weight excluding hydrogens is 266 g/mol. The molecule has 0 aliphatic heterocycles. The Labute approximate surface area is 139 Å². The molecule has 0 heterocycles. The van der Waals surface area contributed by atoms with E-state index in [1.54, 1.807) is 32.1 Å². The Morgan fingerprint density at radius 1 is 0.636 bits per heavy atom. The molecule has 1 heteroatoms. The van der Waals surface area contributed by atoms with Crippen LogP contribution in [0.3, 0.4) is 0 Å². The van der Waals surface area contributed by atoms with Gasteiger partial charge in [-0.05, 0) is 81.6 Å². The van der Waals surface area contributed by atoms with Crippen LogP contribution in [0.25, 0.3) is 0 Å². The van der Waals surface area contributed by atoms with Crippen LogP contribution in [0.1, 0.15) is 90.4 Å². The van der Waals surface area contributed by atoms with Crippen molar-refractivity contribution in [3.05, 3.63) is 0 Å². The first-order valence-corrected chi connectivity index (χ1v) is 10.4. The van der Waals surface area contributed by atoms with Crippen LogP contribution in [0.2, 0.25) is 0 Å². The molecule has 1 nitrogen and oxygen atoms in total. The summed E-state index contributed by atoms with van der Waals surface area (Å²) in [7, 11) is 2.14. The minimum Gasteiger partial charge on any atom is -0.317 e. The van der Waals surface area contributed by atoms with Crippen molar-refractivity contribution in [2.45, 2.75) is 96.4 Å². The van der Waals surface area contributed by atoms with Gasteiger partial charge in [-0.1, -0.05) is 45.4 Å². The van der Waals surface area contributed by atoms with E-state index in [-0.39, 0.29) is 0 Å². The Morgan fingerprint density at radius 3 is 1.59 bits per heavy atom. The fraction of sp³-hybridized carbons (Fsp3) is 1.00. The van der Waals surface area contributed by atoms with E-state index in [2.05, 4.69) is 19.3 Å². The van der Waals surface area contributed by atoms with Gasteiger partial charge in [0.05, 0.1) is 0 Å². The van der Waals surface area contributed by atoms with E-state index in [0.29, 0.717) is 0 Å². The zero-order valence-electron chi connectivity index (χ0n) is 15.2. The molecule has 3 aliphatic rings. The van der Waals surface area contributed by atoms with E-state index >= 15 is 0 Å². The summed E-state index contributed by atoms with van der Waals surface area (Å²) in [6.45, 7) is 2.45. The molecule has 0 radical (unpaired) electrons. The maximum absolute atomic E-state index is 3.48. The predicted octanol–water partition coefficient (Wildman–Crippen LogP) is 5.79. The Morgan fingerprint density at radius 2 is 1.09 bits per heavy atom. The Kier molecular flexibility index (Phi) is 6.24. The third-order valence-electron chi connectivity index (χ3n) is 7.54. The highest BCUT2D eigenvalue weighted by atomic mass is 14.9. The van der Waals surface area contributed by atoms with Crippen molar-refractivity contribution in [1.29, 1.82) is 0 Å². The number of hydrogen-bond acceptors (Lipinski definition) is 1. The van der Waals surface area contributed by atoms with Crippen molar-refractivity contribution in [3.8, 4) is 0 Å². The molecule has 22 heavy (non-hydrogen) atoms. The van der Waals surface area contributed by atoms with Crippen molar-refractivity contribution in [2.24, 2.45) is 29.6 Å². The molecule has 0 aromatic heterocycles. The van der Waals surface area contributed by atoms with Gasteiger partial charge in [0.15, 0.2) is 0 Å². The topological polar surface area (TPSA) is 12.0 Å². The van der Waals surface area contributed by atoms with Gasteiger partial charge in [-0.25, -0.2) is 0 Å². The molecule has 0 bridgehead atoms. The first kappa shape index (κ1) is 16.8. The molecule has 0 aromatic carbocycles. The van der Waals surface area contributed by atoms with Gasteiger partial charge in [0.25, 0.3) is 0 Å². The molecule has 0 saturated heterocycles. The van der Waals surface area contributed by atoms with Crippen LogP contribution in [-0.2, 0) is 0 Å². The molecule has 0 spiro atoms. The van der Waals surface area contributed by atoms with Gasteiger partial charge < -0.3 is 5.32 Å². The number of nitrogens with one attached hydrogen (secondary N) is 1. The normalized spacial score (nSPS) is 43.9. The second-order valence-electron chi connectivity index (χ2n) is 9.04. The van der Waals surface area contributed by atoms with Crippen molar-refractivity contribution in [1.82, 2.24) is 5.32 Å². The summed E-state index contributed by atoms with van der Waals surface area (Å²) in [5.41, 5.74) is 0. The van der Waals surface area contributed by atoms with E-state index in [9.17, 15) is 0 Å². The Bertz CT molecular complexity index is 302. The van der Waals surface area contributed by atoms with Gasteiger partial charge in [0.2, 0.25) is 0 Å². The smallest absolute Gasteiger partial charge is 0.00642 e. The molecule has 1 N–H and O–H groups in total. The molecule has 128 valence electrons. The van der Waals surface area contributed by atoms with E-state index in [0.717, 1.165) is 35.6 Å². The highest BCUT2D eigenvalue weighted by Gasteiger charge is 2.31. The molecule has 3 saturated carbocycles. The molecule has 3 aliphatic carbocycles. The minimum absolute atomic E-state index is 0.821. The van der Waals surface area contributed by atoms with E-state index in [1.807, 2.05) is 0 Å². The largest absolute Gasteiger partial charge is 0.317 e. The SMILES string of the molecule is CNC1CCC(C2CCC(CC3CCC(C)CC3)CC2)CC1. The average molecular weight is 306 g/mol. The zero-order valence-corrected chi connectivity index (χ0v) is 15.2. The predicted molar refractivity (Wildman–Crippen MR) is 96.0 cm³/mol. The van der Waals surface area contributed by atoms with Crippen LogP contribution in [0.4, 0.5) is 0 Å². The lowest BCUT2D eigenvalue weighted by Gasteiger charge is -2.39. The molecule has 0 atom stereocenters. The van der Waals surface area contributed by atoms with Crippen LogP contribution in [0.15, 0.2) is 0 Å². The van der Waals surface area contributed by atoms with Crippen LogP contribution >= 0.6 is 0 Å². The van der Waals surface area contributed by atoms with Crippen molar-refractivity contribution >= 4 is 0 Å². The summed E-state index contributed by atoms with van der Waals surface area (Å²) in [6.07, 6.45) is 19.8. The van der Waals surface area contributed by atoms with Gasteiger partial charge in [-0.15, -0.1) is 0 Å². The summed E-state index contributed by atoms with van der Waals surface area (Å²) < 4.78 is 0. The minimum atomic E-state index is 0.821. The van der Waals surface area contributed by atoms with Crippen LogP contribution < -0.4 is 5.32 Å². The molecule has 3 rings (SSSR count). The van der Waals surface area contributed by atoms with Gasteiger partial charge in [-0.3, -0.25) is 0 Å². The second kappa shape index (κ2) is 8.18. The quantitative estimate of drug-likeness (QED) is 0.693. The summed E-state index contributed by atoms with van der Waals surface area (Å²) in [5.74, 6) is 5.34. The summed E-state index contributed by atoms with van der Waals surface area (Å²) >= 11 is 0. The fourth-order valence-electron chi connectivity index (χ4n) is 5.81. The summed E-state index contributed by atoms with van der Waals surface area (Å²) in [6, 6.07) is 0.821.